The van der Waals surface area contributed by atoms with Crippen molar-refractivity contribution in [2.75, 3.05) is 0 Å². The second-order valence-electron chi connectivity index (χ2n) is 2.61. The lowest BCUT2D eigenvalue weighted by Gasteiger charge is -2.09. The Hall–Kier alpha value is -0.440. The number of hydrogen-bond donors (Lipinski definition) is 2. The summed E-state index contributed by atoms with van der Waals surface area (Å²) < 4.78 is 0.788. The topological polar surface area (TPSA) is 89.6 Å². The van der Waals surface area contributed by atoms with Gasteiger partial charge in [-0.1, -0.05) is 0 Å². The van der Waals surface area contributed by atoms with E-state index in [2.05, 4.69) is 52.6 Å². The Bertz CT molecular complexity index is 475. The van der Waals surface area contributed by atoms with Crippen molar-refractivity contribution in [3.63, 3.8) is 0 Å². The summed E-state index contributed by atoms with van der Waals surface area (Å²) in [5.41, 5.74) is -0.0632. The van der Waals surface area contributed by atoms with E-state index in [0.717, 1.165) is 0 Å². The molecule has 0 heterocycles. The van der Waals surface area contributed by atoms with Crippen LogP contribution in [0, 0.1) is 0 Å². The van der Waals surface area contributed by atoms with Gasteiger partial charge in [0.25, 0.3) is 0 Å². The number of carbonyl (C=O) groups is 2. The predicted molar refractivity (Wildman–Crippen MR) is 66.1 cm³/mol. The third kappa shape index (κ3) is 2.45. The van der Waals surface area contributed by atoms with Crippen molar-refractivity contribution in [3.05, 3.63) is 30.6 Å². The molecule has 0 saturated heterocycles. The highest BCUT2D eigenvalue weighted by atomic mass is 79.9. The van der Waals surface area contributed by atoms with E-state index in [-0.39, 0.29) is 15.6 Å². The Morgan fingerprint density at radius 2 is 1.69 bits per heavy atom. The lowest BCUT2D eigenvalue weighted by molar-refractivity contribution is 0.0501. The number of benzene rings is 1. The molecule has 3 N–H and O–H groups in total. The standard InChI is InChI=1S/C8H4Br3NO4/c9-2-1-3(10)5(8(15)16-12)6(11)4(2)7(13)14/h1H,12H2,(H,13,14). The fraction of sp³-hybridized carbons (Fsp3) is 0. The first-order valence-corrected chi connectivity index (χ1v) is 6.09. The molecule has 0 spiro atoms. The summed E-state index contributed by atoms with van der Waals surface area (Å²) in [4.78, 5) is 26.3. The normalized spacial score (nSPS) is 10.0. The fourth-order valence-corrected chi connectivity index (χ4v) is 3.82. The fourth-order valence-electron chi connectivity index (χ4n) is 1.03. The van der Waals surface area contributed by atoms with Crippen molar-refractivity contribution in [1.29, 1.82) is 0 Å². The predicted octanol–water partition coefficient (Wildman–Crippen LogP) is 2.70. The number of nitrogens with two attached hydrogens (primary N) is 1. The minimum absolute atomic E-state index is 0.0168. The molecule has 0 fully saturated rings. The molecule has 0 radical (unpaired) electrons. The van der Waals surface area contributed by atoms with Crippen LogP contribution in [-0.4, -0.2) is 17.0 Å². The molecule has 0 aliphatic carbocycles. The average molecular weight is 418 g/mol. The van der Waals surface area contributed by atoms with Crippen LogP contribution in [0.2, 0.25) is 0 Å². The summed E-state index contributed by atoms with van der Waals surface area (Å²) in [6.07, 6.45) is 0. The molecule has 0 bridgehead atoms. The van der Waals surface area contributed by atoms with Gasteiger partial charge in [-0.2, -0.15) is 5.90 Å². The van der Waals surface area contributed by atoms with Gasteiger partial charge in [-0.05, 0) is 53.9 Å². The molecule has 8 heteroatoms. The Labute approximate surface area is 115 Å². The summed E-state index contributed by atoms with van der Waals surface area (Å²) in [5, 5.41) is 8.96. The van der Waals surface area contributed by atoms with Crippen molar-refractivity contribution < 1.29 is 19.5 Å². The minimum atomic E-state index is -1.18. The van der Waals surface area contributed by atoms with Crippen LogP contribution in [0.25, 0.3) is 0 Å². The van der Waals surface area contributed by atoms with E-state index in [9.17, 15) is 9.59 Å². The van der Waals surface area contributed by atoms with Gasteiger partial charge in [0.1, 0.15) is 0 Å². The highest BCUT2D eigenvalue weighted by Gasteiger charge is 2.24. The van der Waals surface area contributed by atoms with Crippen molar-refractivity contribution in [3.8, 4) is 0 Å². The monoisotopic (exact) mass is 415 g/mol. The van der Waals surface area contributed by atoms with Gasteiger partial charge in [0.15, 0.2) is 0 Å². The molecule has 0 unspecified atom stereocenters. The van der Waals surface area contributed by atoms with Gasteiger partial charge < -0.3 is 9.94 Å². The van der Waals surface area contributed by atoms with Crippen LogP contribution in [0.4, 0.5) is 0 Å². The van der Waals surface area contributed by atoms with Crippen LogP contribution in [0.1, 0.15) is 20.7 Å². The molecule has 0 aromatic heterocycles. The van der Waals surface area contributed by atoms with Crippen LogP contribution in [-0.2, 0) is 4.84 Å². The third-order valence-electron chi connectivity index (χ3n) is 1.70. The van der Waals surface area contributed by atoms with E-state index in [1.807, 2.05) is 0 Å². The van der Waals surface area contributed by atoms with Crippen molar-refractivity contribution >= 4 is 59.7 Å². The first-order chi connectivity index (χ1) is 7.40. The van der Waals surface area contributed by atoms with Gasteiger partial charge in [0, 0.05) is 13.4 Å². The van der Waals surface area contributed by atoms with Crippen molar-refractivity contribution in [2.45, 2.75) is 0 Å². The zero-order valence-electron chi connectivity index (χ0n) is 7.46. The van der Waals surface area contributed by atoms with Gasteiger partial charge in [-0.3, -0.25) is 0 Å². The second kappa shape index (κ2) is 5.26. The number of carboxylic acids is 1. The van der Waals surface area contributed by atoms with E-state index >= 15 is 0 Å². The summed E-state index contributed by atoms with van der Waals surface area (Å²) in [6, 6.07) is 1.43. The lowest BCUT2D eigenvalue weighted by atomic mass is 10.1. The van der Waals surface area contributed by atoms with Crippen LogP contribution in [0.5, 0.6) is 0 Å². The Balaban J connectivity index is 3.57. The van der Waals surface area contributed by atoms with E-state index in [1.54, 1.807) is 0 Å². The zero-order chi connectivity index (χ0) is 12.5. The van der Waals surface area contributed by atoms with Gasteiger partial charge in [0.05, 0.1) is 11.1 Å². The van der Waals surface area contributed by atoms with Crippen LogP contribution < -0.4 is 5.90 Å². The number of carboxylic acid groups (broad SMARTS) is 1. The van der Waals surface area contributed by atoms with Gasteiger partial charge in [-0.15, -0.1) is 0 Å². The average Bonchev–Trinajstić information content (AvgIpc) is 2.15. The zero-order valence-corrected chi connectivity index (χ0v) is 12.2. The number of aromatic carboxylic acids is 1. The largest absolute Gasteiger partial charge is 0.478 e. The van der Waals surface area contributed by atoms with Crippen LogP contribution in [0.15, 0.2) is 19.5 Å². The molecule has 1 aromatic rings. The summed E-state index contributed by atoms with van der Waals surface area (Å²) in [6.45, 7) is 0. The van der Waals surface area contributed by atoms with E-state index < -0.39 is 11.9 Å². The molecule has 0 aliphatic heterocycles. The molecule has 16 heavy (non-hydrogen) atoms. The molecular formula is C8H4Br3NO4. The number of carbonyl (C=O) groups excluding carboxylic acids is 1. The van der Waals surface area contributed by atoms with Gasteiger partial charge in [-0.25, -0.2) is 9.59 Å². The number of halogens is 3. The maximum absolute atomic E-state index is 11.3. The summed E-state index contributed by atoms with van der Waals surface area (Å²) in [7, 11) is 0. The second-order valence-corrected chi connectivity index (χ2v) is 5.12. The molecule has 0 saturated carbocycles. The van der Waals surface area contributed by atoms with E-state index in [0.29, 0.717) is 8.95 Å². The number of rotatable bonds is 2. The first-order valence-electron chi connectivity index (χ1n) is 3.72. The Kier molecular flexibility index (Phi) is 4.48. The van der Waals surface area contributed by atoms with Crippen LogP contribution >= 0.6 is 47.8 Å². The molecule has 0 atom stereocenters. The summed E-state index contributed by atoms with van der Waals surface area (Å²) >= 11 is 9.22. The molecular weight excluding hydrogens is 414 g/mol. The molecule has 0 amide bonds. The summed E-state index contributed by atoms with van der Waals surface area (Å²) in [5.74, 6) is 2.73. The molecule has 1 rings (SSSR count). The number of hydrogen-bond acceptors (Lipinski definition) is 4. The molecule has 5 nitrogen and oxygen atoms in total. The lowest BCUT2D eigenvalue weighted by Crippen LogP contribution is -2.14. The molecule has 86 valence electrons. The van der Waals surface area contributed by atoms with E-state index in [4.69, 9.17) is 11.0 Å². The third-order valence-corrected chi connectivity index (χ3v) is 3.74. The maximum Gasteiger partial charge on any atom is 0.358 e. The molecule has 0 aliphatic rings. The van der Waals surface area contributed by atoms with Crippen molar-refractivity contribution in [2.24, 2.45) is 5.90 Å². The maximum atomic E-state index is 11.3. The first kappa shape index (κ1) is 13.6. The smallest absolute Gasteiger partial charge is 0.358 e. The molecule has 1 aromatic carbocycles. The highest BCUT2D eigenvalue weighted by molar-refractivity contribution is 9.11. The van der Waals surface area contributed by atoms with Crippen LogP contribution in [0.3, 0.4) is 0 Å². The quantitative estimate of drug-likeness (QED) is 0.722. The minimum Gasteiger partial charge on any atom is -0.478 e. The van der Waals surface area contributed by atoms with Crippen molar-refractivity contribution in [1.82, 2.24) is 0 Å². The van der Waals surface area contributed by atoms with Gasteiger partial charge >= 0.3 is 11.9 Å². The highest BCUT2D eigenvalue weighted by Crippen LogP contribution is 2.34. The SMILES string of the molecule is NOC(=O)c1c(Br)cc(Br)c(C(=O)O)c1Br. The van der Waals surface area contributed by atoms with Gasteiger partial charge in [0.2, 0.25) is 0 Å². The Morgan fingerprint density at radius 3 is 2.12 bits per heavy atom. The van der Waals surface area contributed by atoms with E-state index in [1.165, 1.54) is 6.07 Å². The Morgan fingerprint density at radius 1 is 1.19 bits per heavy atom.